The number of esters is 1. The number of piperidine rings is 1. The Morgan fingerprint density at radius 3 is 2.41 bits per heavy atom. The van der Waals surface area contributed by atoms with E-state index in [4.69, 9.17) is 4.74 Å². The lowest BCUT2D eigenvalue weighted by atomic mass is 9.98. The van der Waals surface area contributed by atoms with Crippen LogP contribution in [-0.4, -0.2) is 63.9 Å². The molecular formula is C20H32N3O5S+. The summed E-state index contributed by atoms with van der Waals surface area (Å²) in [5, 5.41) is 2.81. The van der Waals surface area contributed by atoms with Crippen LogP contribution in [0.25, 0.3) is 0 Å². The molecule has 1 saturated heterocycles. The zero-order valence-corrected chi connectivity index (χ0v) is 18.3. The summed E-state index contributed by atoms with van der Waals surface area (Å²) in [7, 11) is -3.52. The molecule has 0 radical (unpaired) electrons. The van der Waals surface area contributed by atoms with Crippen molar-refractivity contribution in [2.45, 2.75) is 38.5 Å². The average Bonchev–Trinajstić information content (AvgIpc) is 2.69. The lowest BCUT2D eigenvalue weighted by Gasteiger charge is -2.28. The number of quaternary nitrogens is 1. The Balaban J connectivity index is 1.93. The molecule has 0 aliphatic carbocycles. The van der Waals surface area contributed by atoms with Gasteiger partial charge in [0, 0.05) is 18.8 Å². The highest BCUT2D eigenvalue weighted by molar-refractivity contribution is 7.89. The van der Waals surface area contributed by atoms with Gasteiger partial charge >= 0.3 is 5.97 Å². The molecule has 1 unspecified atom stereocenters. The highest BCUT2D eigenvalue weighted by Gasteiger charge is 2.30. The summed E-state index contributed by atoms with van der Waals surface area (Å²) >= 11 is 0. The van der Waals surface area contributed by atoms with E-state index in [0.717, 1.165) is 24.3 Å². The average molecular weight is 427 g/mol. The van der Waals surface area contributed by atoms with Crippen LogP contribution in [0.2, 0.25) is 0 Å². The molecule has 1 heterocycles. The van der Waals surface area contributed by atoms with E-state index < -0.39 is 10.0 Å². The van der Waals surface area contributed by atoms with Gasteiger partial charge in [-0.15, -0.1) is 0 Å². The number of hydrogen-bond acceptors (Lipinski definition) is 5. The largest absolute Gasteiger partial charge is 0.466 e. The van der Waals surface area contributed by atoms with E-state index in [1.807, 2.05) is 0 Å². The second kappa shape index (κ2) is 10.7. The van der Waals surface area contributed by atoms with Crippen molar-refractivity contribution in [1.82, 2.24) is 4.31 Å². The topological polar surface area (TPSA) is 97.2 Å². The molecule has 2 N–H and O–H groups in total. The minimum atomic E-state index is -3.52. The van der Waals surface area contributed by atoms with Crippen molar-refractivity contribution in [1.29, 1.82) is 0 Å². The highest BCUT2D eigenvalue weighted by atomic mass is 32.2. The Bertz CT molecular complexity index is 791. The van der Waals surface area contributed by atoms with Gasteiger partial charge in [0.25, 0.3) is 5.91 Å². The molecule has 162 valence electrons. The van der Waals surface area contributed by atoms with Crippen molar-refractivity contribution in [3.05, 3.63) is 24.3 Å². The zero-order chi connectivity index (χ0) is 21.4. The number of anilines is 1. The van der Waals surface area contributed by atoms with Gasteiger partial charge in [-0.1, -0.05) is 13.8 Å². The molecule has 1 aromatic carbocycles. The summed E-state index contributed by atoms with van der Waals surface area (Å²) in [5.74, 6) is -0.505. The van der Waals surface area contributed by atoms with Crippen LogP contribution in [0, 0.1) is 5.92 Å². The second-order valence-electron chi connectivity index (χ2n) is 7.13. The highest BCUT2D eigenvalue weighted by Crippen LogP contribution is 2.18. The lowest BCUT2D eigenvalue weighted by molar-refractivity contribution is -0.899. The molecule has 9 heteroatoms. The first-order chi connectivity index (χ1) is 13.8. The molecule has 1 amide bonds. The van der Waals surface area contributed by atoms with Gasteiger partial charge in [0.15, 0.2) is 6.54 Å². The summed E-state index contributed by atoms with van der Waals surface area (Å²) in [6, 6.07) is 6.21. The first-order valence-electron chi connectivity index (χ1n) is 10.2. The molecule has 2 atom stereocenters. The summed E-state index contributed by atoms with van der Waals surface area (Å²) in [6.07, 6.45) is 1.68. The fraction of sp³-hybridized carbons (Fsp3) is 0.600. The van der Waals surface area contributed by atoms with Gasteiger partial charge in [-0.2, -0.15) is 4.31 Å². The van der Waals surface area contributed by atoms with Crippen LogP contribution in [0.3, 0.4) is 0 Å². The van der Waals surface area contributed by atoms with Crippen molar-refractivity contribution < 1.29 is 27.6 Å². The molecule has 0 spiro atoms. The number of benzene rings is 1. The van der Waals surface area contributed by atoms with Gasteiger partial charge in [0.05, 0.1) is 24.6 Å². The monoisotopic (exact) mass is 426 g/mol. The van der Waals surface area contributed by atoms with Crippen LogP contribution in [0.5, 0.6) is 0 Å². The molecule has 29 heavy (non-hydrogen) atoms. The van der Waals surface area contributed by atoms with Crippen molar-refractivity contribution in [3.8, 4) is 0 Å². The van der Waals surface area contributed by atoms with E-state index in [2.05, 4.69) is 5.32 Å². The lowest BCUT2D eigenvalue weighted by Crippen LogP contribution is -3.14. The number of carbonyl (C=O) groups excluding carboxylic acids is 2. The maximum Gasteiger partial charge on any atom is 0.314 e. The number of nitrogens with zero attached hydrogens (tertiary/aromatic N) is 1. The van der Waals surface area contributed by atoms with Gasteiger partial charge < -0.3 is 15.0 Å². The standard InChI is InChI=1S/C20H31N3O5S/c1-4-23(5-2)29(26,27)18-11-9-17(10-12-18)21-19(24)15-22-13-7-8-16(14-22)20(25)28-6-3/h9-12,16H,4-8,13-15H2,1-3H3,(H,21,24)/p+1/t16-/m0/s1. The van der Waals surface area contributed by atoms with Crippen molar-refractivity contribution in [2.75, 3.05) is 44.6 Å². The molecule has 0 bridgehead atoms. The fourth-order valence-corrected chi connectivity index (χ4v) is 5.09. The molecule has 1 fully saturated rings. The van der Waals surface area contributed by atoms with Gasteiger partial charge in [0.1, 0.15) is 5.92 Å². The molecule has 0 saturated carbocycles. The van der Waals surface area contributed by atoms with Crippen molar-refractivity contribution in [2.24, 2.45) is 5.92 Å². The molecule has 1 aliphatic rings. The van der Waals surface area contributed by atoms with Crippen molar-refractivity contribution >= 4 is 27.6 Å². The van der Waals surface area contributed by atoms with Crippen LogP contribution in [0.1, 0.15) is 33.6 Å². The Morgan fingerprint density at radius 1 is 1.17 bits per heavy atom. The quantitative estimate of drug-likeness (QED) is 0.561. The van der Waals surface area contributed by atoms with E-state index in [1.54, 1.807) is 32.9 Å². The Hall–Kier alpha value is -1.97. The summed E-state index contributed by atoms with van der Waals surface area (Å²) in [6.45, 7) is 8.25. The van der Waals surface area contributed by atoms with Crippen LogP contribution >= 0.6 is 0 Å². The molecule has 8 nitrogen and oxygen atoms in total. The number of carbonyl (C=O) groups is 2. The third-order valence-electron chi connectivity index (χ3n) is 5.13. The minimum absolute atomic E-state index is 0.156. The van der Waals surface area contributed by atoms with E-state index >= 15 is 0 Å². The number of sulfonamides is 1. The number of hydrogen-bond donors (Lipinski definition) is 2. The number of nitrogens with one attached hydrogen (secondary N) is 2. The summed E-state index contributed by atoms with van der Waals surface area (Å²) in [4.78, 5) is 25.6. The third-order valence-corrected chi connectivity index (χ3v) is 7.19. The first kappa shape index (κ1) is 23.3. The number of ether oxygens (including phenoxy) is 1. The summed E-state index contributed by atoms with van der Waals surface area (Å²) < 4.78 is 31.5. The first-order valence-corrected chi connectivity index (χ1v) is 11.7. The molecule has 0 aromatic heterocycles. The van der Waals surface area contributed by atoms with E-state index in [-0.39, 0.29) is 29.2 Å². The smallest absolute Gasteiger partial charge is 0.314 e. The second-order valence-corrected chi connectivity index (χ2v) is 9.07. The van der Waals surface area contributed by atoms with E-state index in [0.29, 0.717) is 31.9 Å². The Kier molecular flexibility index (Phi) is 8.60. The third kappa shape index (κ3) is 6.25. The van der Waals surface area contributed by atoms with Gasteiger partial charge in [-0.05, 0) is 44.0 Å². The Morgan fingerprint density at radius 2 is 1.83 bits per heavy atom. The predicted octanol–water partition coefficient (Wildman–Crippen LogP) is 0.514. The molecule has 2 rings (SSSR count). The summed E-state index contributed by atoms with van der Waals surface area (Å²) in [5.41, 5.74) is 0.548. The van der Waals surface area contributed by atoms with Gasteiger partial charge in [0.2, 0.25) is 10.0 Å². The van der Waals surface area contributed by atoms with Gasteiger partial charge in [-0.25, -0.2) is 8.42 Å². The maximum atomic E-state index is 12.5. The predicted molar refractivity (Wildman–Crippen MR) is 110 cm³/mol. The Labute approximate surface area is 173 Å². The fourth-order valence-electron chi connectivity index (χ4n) is 3.63. The van der Waals surface area contributed by atoms with Crippen molar-refractivity contribution in [3.63, 3.8) is 0 Å². The minimum Gasteiger partial charge on any atom is -0.466 e. The van der Waals surface area contributed by atoms with E-state index in [9.17, 15) is 18.0 Å². The number of amides is 1. The maximum absolute atomic E-state index is 12.5. The number of likely N-dealkylation sites (tertiary alicyclic amines) is 1. The SMILES string of the molecule is CCOC(=O)[C@H]1CCC[NH+](CC(=O)Nc2ccc(S(=O)(=O)N(CC)CC)cc2)C1. The number of rotatable bonds is 9. The molecular weight excluding hydrogens is 394 g/mol. The molecule has 1 aliphatic heterocycles. The molecule has 1 aromatic rings. The van der Waals surface area contributed by atoms with Crippen LogP contribution < -0.4 is 10.2 Å². The van der Waals surface area contributed by atoms with Crippen LogP contribution in [0.4, 0.5) is 5.69 Å². The normalized spacial score (nSPS) is 19.7. The van der Waals surface area contributed by atoms with Crippen LogP contribution in [-0.2, 0) is 24.3 Å². The van der Waals surface area contributed by atoms with Crippen LogP contribution in [0.15, 0.2) is 29.2 Å². The van der Waals surface area contributed by atoms with E-state index in [1.165, 1.54) is 16.4 Å². The zero-order valence-electron chi connectivity index (χ0n) is 17.4. The van der Waals surface area contributed by atoms with Gasteiger partial charge in [-0.3, -0.25) is 9.59 Å².